The van der Waals surface area contributed by atoms with Crippen molar-refractivity contribution >= 4 is 22.5 Å². The molecule has 0 amide bonds. The van der Waals surface area contributed by atoms with Gasteiger partial charge in [-0.25, -0.2) is 4.98 Å². The van der Waals surface area contributed by atoms with Crippen LogP contribution in [0.1, 0.15) is 5.56 Å². The summed E-state index contributed by atoms with van der Waals surface area (Å²) in [5.74, 6) is 1.09. The third-order valence-electron chi connectivity index (χ3n) is 3.08. The highest BCUT2D eigenvalue weighted by Gasteiger charge is 2.08. The lowest BCUT2D eigenvalue weighted by Gasteiger charge is -2.08. The molecule has 0 fully saturated rings. The lowest BCUT2D eigenvalue weighted by molar-refractivity contribution is 0.299. The van der Waals surface area contributed by atoms with Gasteiger partial charge >= 0.3 is 0 Å². The summed E-state index contributed by atoms with van der Waals surface area (Å²) < 4.78 is 5.81. The molecular formula is C16H13ClN2O2. The molecule has 5 heteroatoms. The Morgan fingerprint density at radius 3 is 2.52 bits per heavy atom. The van der Waals surface area contributed by atoms with E-state index in [9.17, 15) is 0 Å². The first-order valence-electron chi connectivity index (χ1n) is 6.56. The minimum Gasteiger partial charge on any atom is -0.438 e. The van der Waals surface area contributed by atoms with Crippen molar-refractivity contribution in [1.29, 1.82) is 0 Å². The Morgan fingerprint density at radius 2 is 1.76 bits per heavy atom. The minimum atomic E-state index is 0.131. The van der Waals surface area contributed by atoms with Crippen LogP contribution in [-0.4, -0.2) is 21.7 Å². The SMILES string of the molecule is OCCc1ccc(Oc2nc(Cl)nc3ccccc23)cc1. The maximum Gasteiger partial charge on any atom is 0.231 e. The molecule has 0 radical (unpaired) electrons. The smallest absolute Gasteiger partial charge is 0.231 e. The Hall–Kier alpha value is -2.17. The zero-order valence-electron chi connectivity index (χ0n) is 11.2. The van der Waals surface area contributed by atoms with Gasteiger partial charge in [-0.2, -0.15) is 4.98 Å². The van der Waals surface area contributed by atoms with E-state index in [2.05, 4.69) is 9.97 Å². The highest BCUT2D eigenvalue weighted by molar-refractivity contribution is 6.28. The first-order valence-corrected chi connectivity index (χ1v) is 6.94. The number of ether oxygens (including phenoxy) is 1. The van der Waals surface area contributed by atoms with Crippen molar-refractivity contribution in [3.63, 3.8) is 0 Å². The lowest BCUT2D eigenvalue weighted by Crippen LogP contribution is -1.94. The van der Waals surface area contributed by atoms with Gasteiger partial charge in [0.2, 0.25) is 11.2 Å². The lowest BCUT2D eigenvalue weighted by atomic mass is 10.1. The number of benzene rings is 2. The first-order chi connectivity index (χ1) is 10.3. The molecule has 4 nitrogen and oxygen atoms in total. The van der Waals surface area contributed by atoms with Crippen molar-refractivity contribution in [3.05, 3.63) is 59.4 Å². The molecule has 3 aromatic rings. The summed E-state index contributed by atoms with van der Waals surface area (Å²) in [6.07, 6.45) is 0.628. The number of fused-ring (bicyclic) bond motifs is 1. The second-order valence-electron chi connectivity index (χ2n) is 4.53. The van der Waals surface area contributed by atoms with Gasteiger partial charge in [-0.15, -0.1) is 0 Å². The van der Waals surface area contributed by atoms with Crippen LogP contribution in [0, 0.1) is 0 Å². The molecule has 106 valence electrons. The maximum atomic E-state index is 8.91. The number of halogens is 1. The number of aliphatic hydroxyl groups is 1. The van der Waals surface area contributed by atoms with Crippen LogP contribution in [0.2, 0.25) is 5.28 Å². The summed E-state index contributed by atoms with van der Waals surface area (Å²) in [4.78, 5) is 8.31. The summed E-state index contributed by atoms with van der Waals surface area (Å²) in [5.41, 5.74) is 1.79. The number of aromatic nitrogens is 2. The molecule has 0 unspecified atom stereocenters. The van der Waals surface area contributed by atoms with Gasteiger partial charge in [-0.05, 0) is 47.9 Å². The van der Waals surface area contributed by atoms with Crippen molar-refractivity contribution in [1.82, 2.24) is 9.97 Å². The highest BCUT2D eigenvalue weighted by atomic mass is 35.5. The fraction of sp³-hybridized carbons (Fsp3) is 0.125. The van der Waals surface area contributed by atoms with E-state index in [-0.39, 0.29) is 11.9 Å². The van der Waals surface area contributed by atoms with Gasteiger partial charge in [0.15, 0.2) is 0 Å². The number of nitrogens with zero attached hydrogens (tertiary/aromatic N) is 2. The van der Waals surface area contributed by atoms with E-state index < -0.39 is 0 Å². The van der Waals surface area contributed by atoms with Crippen LogP contribution in [0.5, 0.6) is 11.6 Å². The maximum absolute atomic E-state index is 8.91. The van der Waals surface area contributed by atoms with Crippen LogP contribution >= 0.6 is 11.6 Å². The molecule has 0 bridgehead atoms. The molecular weight excluding hydrogens is 288 g/mol. The Morgan fingerprint density at radius 1 is 1.00 bits per heavy atom. The van der Waals surface area contributed by atoms with E-state index in [1.165, 1.54) is 0 Å². The van der Waals surface area contributed by atoms with Gasteiger partial charge in [-0.3, -0.25) is 0 Å². The van der Waals surface area contributed by atoms with Gasteiger partial charge in [0.1, 0.15) is 5.75 Å². The molecule has 0 atom stereocenters. The Balaban J connectivity index is 1.94. The molecule has 0 saturated heterocycles. The molecule has 1 N–H and O–H groups in total. The summed E-state index contributed by atoms with van der Waals surface area (Å²) in [6, 6.07) is 15.1. The summed E-state index contributed by atoms with van der Waals surface area (Å²) >= 11 is 5.93. The topological polar surface area (TPSA) is 55.2 Å². The minimum absolute atomic E-state index is 0.131. The van der Waals surface area contributed by atoms with Crippen molar-refractivity contribution in [2.45, 2.75) is 6.42 Å². The number of para-hydroxylation sites is 1. The summed E-state index contributed by atoms with van der Waals surface area (Å²) in [6.45, 7) is 0.131. The van der Waals surface area contributed by atoms with Crippen LogP contribution < -0.4 is 4.74 Å². The van der Waals surface area contributed by atoms with Crippen LogP contribution in [0.3, 0.4) is 0 Å². The van der Waals surface area contributed by atoms with Gasteiger partial charge in [0.05, 0.1) is 10.9 Å². The molecule has 0 spiro atoms. The van der Waals surface area contributed by atoms with Crippen molar-refractivity contribution in [2.24, 2.45) is 0 Å². The number of aliphatic hydroxyl groups excluding tert-OH is 1. The Labute approximate surface area is 127 Å². The van der Waals surface area contributed by atoms with Crippen LogP contribution in [0.25, 0.3) is 10.9 Å². The van der Waals surface area contributed by atoms with Gasteiger partial charge in [-0.1, -0.05) is 24.3 Å². The largest absolute Gasteiger partial charge is 0.438 e. The standard InChI is InChI=1S/C16H13ClN2O2/c17-16-18-14-4-2-1-3-13(14)15(19-16)21-12-7-5-11(6-8-12)9-10-20/h1-8,20H,9-10H2. The quantitative estimate of drug-likeness (QED) is 0.748. The van der Waals surface area contributed by atoms with Crippen LogP contribution in [0.4, 0.5) is 0 Å². The van der Waals surface area contributed by atoms with Gasteiger partial charge in [0.25, 0.3) is 0 Å². The predicted molar refractivity (Wildman–Crippen MR) is 81.9 cm³/mol. The van der Waals surface area contributed by atoms with Crippen LogP contribution in [-0.2, 0) is 6.42 Å². The van der Waals surface area contributed by atoms with E-state index in [4.69, 9.17) is 21.4 Å². The molecule has 2 aromatic carbocycles. The second-order valence-corrected chi connectivity index (χ2v) is 4.87. The fourth-order valence-electron chi connectivity index (χ4n) is 2.06. The third-order valence-corrected chi connectivity index (χ3v) is 3.25. The van der Waals surface area contributed by atoms with E-state index >= 15 is 0 Å². The normalized spacial score (nSPS) is 10.8. The average molecular weight is 301 g/mol. The molecule has 0 aliphatic carbocycles. The highest BCUT2D eigenvalue weighted by Crippen LogP contribution is 2.28. The molecule has 0 aliphatic heterocycles. The Bertz CT molecular complexity index is 760. The zero-order valence-corrected chi connectivity index (χ0v) is 11.9. The number of hydrogen-bond acceptors (Lipinski definition) is 4. The monoisotopic (exact) mass is 300 g/mol. The van der Waals surface area contributed by atoms with Crippen molar-refractivity contribution in [2.75, 3.05) is 6.61 Å². The molecule has 0 aliphatic rings. The number of rotatable bonds is 4. The van der Waals surface area contributed by atoms with Crippen LogP contribution in [0.15, 0.2) is 48.5 Å². The van der Waals surface area contributed by atoms with E-state index in [1.807, 2.05) is 48.5 Å². The van der Waals surface area contributed by atoms with E-state index in [1.54, 1.807) is 0 Å². The van der Waals surface area contributed by atoms with E-state index in [0.29, 0.717) is 18.1 Å². The predicted octanol–water partition coefficient (Wildman–Crippen LogP) is 3.61. The molecule has 3 rings (SSSR count). The average Bonchev–Trinajstić information content (AvgIpc) is 2.49. The zero-order chi connectivity index (χ0) is 14.7. The molecule has 1 heterocycles. The third kappa shape index (κ3) is 3.12. The van der Waals surface area contributed by atoms with Gasteiger partial charge in [0, 0.05) is 6.61 Å². The molecule has 1 aromatic heterocycles. The van der Waals surface area contributed by atoms with Crippen molar-refractivity contribution in [3.8, 4) is 11.6 Å². The summed E-state index contributed by atoms with van der Waals surface area (Å²) in [5, 5.41) is 9.87. The molecule has 21 heavy (non-hydrogen) atoms. The van der Waals surface area contributed by atoms with E-state index in [0.717, 1.165) is 16.5 Å². The van der Waals surface area contributed by atoms with Crippen molar-refractivity contribution < 1.29 is 9.84 Å². The first kappa shape index (κ1) is 13.8. The Kier molecular flexibility index (Phi) is 3.99. The number of hydrogen-bond donors (Lipinski definition) is 1. The molecule has 0 saturated carbocycles. The second kappa shape index (κ2) is 6.08. The fourth-order valence-corrected chi connectivity index (χ4v) is 2.23. The van der Waals surface area contributed by atoms with Gasteiger partial charge < -0.3 is 9.84 Å². The summed E-state index contributed by atoms with van der Waals surface area (Å²) in [7, 11) is 0.